The van der Waals surface area contributed by atoms with Crippen molar-refractivity contribution in [2.24, 2.45) is 0 Å². The number of ether oxygens (including phenoxy) is 1. The topological polar surface area (TPSA) is 52.8 Å². The fourth-order valence-corrected chi connectivity index (χ4v) is 5.22. The van der Waals surface area contributed by atoms with Gasteiger partial charge in [-0.1, -0.05) is 53.7 Å². The lowest BCUT2D eigenvalue weighted by molar-refractivity contribution is 0.341. The molecule has 0 aliphatic heterocycles. The van der Waals surface area contributed by atoms with Gasteiger partial charge >= 0.3 is 0 Å². The summed E-state index contributed by atoms with van der Waals surface area (Å²) in [7, 11) is 0. The van der Waals surface area contributed by atoms with E-state index in [1.165, 1.54) is 0 Å². The van der Waals surface area contributed by atoms with Gasteiger partial charge in [0, 0.05) is 23.2 Å². The van der Waals surface area contributed by atoms with Gasteiger partial charge in [0.15, 0.2) is 11.0 Å². The summed E-state index contributed by atoms with van der Waals surface area (Å²) >= 11 is 9.54. The van der Waals surface area contributed by atoms with Crippen molar-refractivity contribution in [1.29, 1.82) is 0 Å². The van der Waals surface area contributed by atoms with Gasteiger partial charge < -0.3 is 9.30 Å². The van der Waals surface area contributed by atoms with E-state index in [4.69, 9.17) is 21.3 Å². The summed E-state index contributed by atoms with van der Waals surface area (Å²) in [6.07, 6.45) is 0. The normalized spacial score (nSPS) is 11.0. The van der Waals surface area contributed by atoms with Gasteiger partial charge in [0.05, 0.1) is 22.9 Å². The molecule has 0 N–H and O–H groups in total. The highest BCUT2D eigenvalue weighted by Crippen LogP contribution is 2.34. The Morgan fingerprint density at radius 1 is 1.03 bits per heavy atom. The number of benzene rings is 2. The molecule has 0 radical (unpaired) electrons. The molecule has 4 rings (SSSR count). The molecule has 0 saturated heterocycles. The fraction of sp³-hybridized carbons (Fsp3) is 0.227. The Balaban J connectivity index is 1.54. The van der Waals surface area contributed by atoms with Gasteiger partial charge in [-0.3, -0.25) is 0 Å². The average molecular weight is 457 g/mol. The van der Waals surface area contributed by atoms with Crippen LogP contribution in [-0.4, -0.2) is 26.4 Å². The third kappa shape index (κ3) is 4.38. The molecule has 30 heavy (non-hydrogen) atoms. The van der Waals surface area contributed by atoms with Crippen molar-refractivity contribution in [2.75, 3.05) is 6.61 Å². The maximum absolute atomic E-state index is 6.31. The third-order valence-electron chi connectivity index (χ3n) is 4.47. The lowest BCUT2D eigenvalue weighted by atomic mass is 10.2. The van der Waals surface area contributed by atoms with Crippen LogP contribution in [0.2, 0.25) is 5.02 Å². The number of para-hydroxylation sites is 1. The average Bonchev–Trinajstić information content (AvgIpc) is 3.40. The minimum absolute atomic E-state index is 0.608. The molecule has 5 nitrogen and oxygen atoms in total. The van der Waals surface area contributed by atoms with Crippen LogP contribution >= 0.6 is 34.7 Å². The summed E-state index contributed by atoms with van der Waals surface area (Å²) in [6.45, 7) is 5.45. The number of aromatic nitrogens is 4. The second kappa shape index (κ2) is 9.64. The molecule has 2 aromatic heterocycles. The standard InChI is InChI=1S/C22H21ClN4OS2/c1-3-27-20(17-10-6-8-12-19(17)28-4-2)25-26-22(27)30-14-15-13-29-21(24-15)16-9-5-7-11-18(16)23/h5-13H,3-4,14H2,1-2H3. The summed E-state index contributed by atoms with van der Waals surface area (Å²) < 4.78 is 7.89. The van der Waals surface area contributed by atoms with Crippen LogP contribution in [0.4, 0.5) is 0 Å². The smallest absolute Gasteiger partial charge is 0.191 e. The number of hydrogen-bond donors (Lipinski definition) is 0. The zero-order valence-electron chi connectivity index (χ0n) is 16.7. The van der Waals surface area contributed by atoms with E-state index in [0.29, 0.717) is 12.4 Å². The molecule has 0 aliphatic carbocycles. The summed E-state index contributed by atoms with van der Waals surface area (Å²) in [5.41, 5.74) is 2.92. The Kier molecular flexibility index (Phi) is 6.72. The van der Waals surface area contributed by atoms with E-state index < -0.39 is 0 Å². The molecule has 0 bridgehead atoms. The molecule has 154 valence electrons. The Morgan fingerprint density at radius 3 is 2.57 bits per heavy atom. The first-order valence-corrected chi connectivity index (χ1v) is 11.9. The molecule has 0 amide bonds. The van der Waals surface area contributed by atoms with Gasteiger partial charge in [-0.15, -0.1) is 21.5 Å². The maximum atomic E-state index is 6.31. The molecule has 0 saturated carbocycles. The van der Waals surface area contributed by atoms with E-state index in [-0.39, 0.29) is 0 Å². The SMILES string of the molecule is CCOc1ccccc1-c1nnc(SCc2csc(-c3ccccc3Cl)n2)n1CC. The molecular weight excluding hydrogens is 436 g/mol. The first-order valence-electron chi connectivity index (χ1n) is 9.68. The van der Waals surface area contributed by atoms with E-state index in [0.717, 1.165) is 50.1 Å². The van der Waals surface area contributed by atoms with Gasteiger partial charge in [0.1, 0.15) is 10.8 Å². The van der Waals surface area contributed by atoms with Gasteiger partial charge in [0.25, 0.3) is 0 Å². The molecular formula is C22H21ClN4OS2. The monoisotopic (exact) mass is 456 g/mol. The first kappa shape index (κ1) is 20.9. The Morgan fingerprint density at radius 2 is 1.80 bits per heavy atom. The number of nitrogens with zero attached hydrogens (tertiary/aromatic N) is 4. The highest BCUT2D eigenvalue weighted by Gasteiger charge is 2.17. The van der Waals surface area contributed by atoms with Crippen LogP contribution in [0.15, 0.2) is 59.1 Å². The van der Waals surface area contributed by atoms with E-state index in [1.807, 2.05) is 55.5 Å². The summed E-state index contributed by atoms with van der Waals surface area (Å²) in [5, 5.41) is 13.5. The fourth-order valence-electron chi connectivity index (χ4n) is 3.08. The minimum atomic E-state index is 0.608. The van der Waals surface area contributed by atoms with Crippen molar-refractivity contribution in [3.8, 4) is 27.7 Å². The minimum Gasteiger partial charge on any atom is -0.493 e. The lowest BCUT2D eigenvalue weighted by Gasteiger charge is -2.11. The zero-order valence-corrected chi connectivity index (χ0v) is 19.1. The molecule has 2 aromatic carbocycles. The van der Waals surface area contributed by atoms with Crippen molar-refractivity contribution >= 4 is 34.7 Å². The van der Waals surface area contributed by atoms with E-state index in [9.17, 15) is 0 Å². The van der Waals surface area contributed by atoms with Crippen molar-refractivity contribution in [1.82, 2.24) is 19.7 Å². The summed E-state index contributed by atoms with van der Waals surface area (Å²) in [6, 6.07) is 15.7. The summed E-state index contributed by atoms with van der Waals surface area (Å²) in [5.74, 6) is 2.35. The van der Waals surface area contributed by atoms with Crippen molar-refractivity contribution in [3.05, 3.63) is 64.6 Å². The van der Waals surface area contributed by atoms with Crippen LogP contribution < -0.4 is 4.74 Å². The van der Waals surface area contributed by atoms with Crippen molar-refractivity contribution in [3.63, 3.8) is 0 Å². The van der Waals surface area contributed by atoms with Gasteiger partial charge in [-0.2, -0.15) is 0 Å². The van der Waals surface area contributed by atoms with Gasteiger partial charge in [-0.25, -0.2) is 4.98 Å². The van der Waals surface area contributed by atoms with Crippen LogP contribution in [0.25, 0.3) is 22.0 Å². The van der Waals surface area contributed by atoms with Gasteiger partial charge in [-0.05, 0) is 32.0 Å². The Bertz CT molecular complexity index is 1140. The quantitative estimate of drug-likeness (QED) is 0.286. The molecule has 2 heterocycles. The van der Waals surface area contributed by atoms with E-state index in [2.05, 4.69) is 27.1 Å². The lowest BCUT2D eigenvalue weighted by Crippen LogP contribution is -2.02. The predicted molar refractivity (Wildman–Crippen MR) is 124 cm³/mol. The van der Waals surface area contributed by atoms with E-state index in [1.54, 1.807) is 23.1 Å². The highest BCUT2D eigenvalue weighted by molar-refractivity contribution is 7.98. The van der Waals surface area contributed by atoms with Crippen molar-refractivity contribution < 1.29 is 4.74 Å². The summed E-state index contributed by atoms with van der Waals surface area (Å²) in [4.78, 5) is 4.75. The number of rotatable bonds is 8. The zero-order chi connectivity index (χ0) is 20.9. The molecule has 0 atom stereocenters. The van der Waals surface area contributed by atoms with Crippen LogP contribution in [0.5, 0.6) is 5.75 Å². The molecule has 0 fully saturated rings. The molecule has 4 aromatic rings. The maximum Gasteiger partial charge on any atom is 0.191 e. The Hall–Kier alpha value is -2.35. The number of thiazole rings is 1. The first-order chi connectivity index (χ1) is 14.7. The van der Waals surface area contributed by atoms with Crippen LogP contribution in [-0.2, 0) is 12.3 Å². The number of hydrogen-bond acceptors (Lipinski definition) is 6. The second-order valence-electron chi connectivity index (χ2n) is 6.39. The van der Waals surface area contributed by atoms with E-state index >= 15 is 0 Å². The highest BCUT2D eigenvalue weighted by atomic mass is 35.5. The Labute approximate surface area is 189 Å². The second-order valence-corrected chi connectivity index (χ2v) is 8.60. The molecule has 0 unspecified atom stereocenters. The molecule has 0 aliphatic rings. The van der Waals surface area contributed by atoms with Crippen molar-refractivity contribution in [2.45, 2.75) is 31.3 Å². The number of thioether (sulfide) groups is 1. The van der Waals surface area contributed by atoms with Crippen LogP contribution in [0.1, 0.15) is 19.5 Å². The molecule has 8 heteroatoms. The van der Waals surface area contributed by atoms with Crippen LogP contribution in [0.3, 0.4) is 0 Å². The molecule has 0 spiro atoms. The van der Waals surface area contributed by atoms with Gasteiger partial charge in [0.2, 0.25) is 0 Å². The predicted octanol–water partition coefficient (Wildman–Crippen LogP) is 6.43. The van der Waals surface area contributed by atoms with Crippen LogP contribution in [0, 0.1) is 0 Å². The number of halogens is 1. The largest absolute Gasteiger partial charge is 0.493 e. The third-order valence-corrected chi connectivity index (χ3v) is 6.72.